The number of amides is 2. The molecular weight excluding hydrogens is 300 g/mol. The molecule has 24 heavy (non-hydrogen) atoms. The van der Waals surface area contributed by atoms with Crippen molar-refractivity contribution in [2.75, 3.05) is 19.7 Å². The third-order valence-electron chi connectivity index (χ3n) is 4.01. The van der Waals surface area contributed by atoms with Crippen LogP contribution in [0.2, 0.25) is 0 Å². The minimum Gasteiger partial charge on any atom is -0.492 e. The lowest BCUT2D eigenvalue weighted by molar-refractivity contribution is 0.195. The van der Waals surface area contributed by atoms with E-state index in [4.69, 9.17) is 4.74 Å². The first-order valence-electron chi connectivity index (χ1n) is 8.37. The summed E-state index contributed by atoms with van der Waals surface area (Å²) in [4.78, 5) is 14.0. The Morgan fingerprint density at radius 1 is 1.08 bits per heavy atom. The number of hydrogen-bond acceptors (Lipinski definition) is 2. The summed E-state index contributed by atoms with van der Waals surface area (Å²) in [5.74, 6) is 0.837. The van der Waals surface area contributed by atoms with Crippen LogP contribution >= 0.6 is 0 Å². The van der Waals surface area contributed by atoms with Crippen molar-refractivity contribution in [3.63, 3.8) is 0 Å². The van der Waals surface area contributed by atoms with Crippen LogP contribution in [0.1, 0.15) is 23.6 Å². The number of aryl methyl sites for hydroxylation is 2. The van der Waals surface area contributed by atoms with Gasteiger partial charge in [-0.3, -0.25) is 0 Å². The molecule has 2 rings (SSSR count). The average molecular weight is 326 g/mol. The van der Waals surface area contributed by atoms with Gasteiger partial charge >= 0.3 is 6.03 Å². The summed E-state index contributed by atoms with van der Waals surface area (Å²) >= 11 is 0. The molecular formula is C20H26N2O2. The van der Waals surface area contributed by atoms with Crippen molar-refractivity contribution in [1.82, 2.24) is 10.2 Å². The van der Waals surface area contributed by atoms with Gasteiger partial charge in [-0.2, -0.15) is 0 Å². The van der Waals surface area contributed by atoms with E-state index < -0.39 is 0 Å². The van der Waals surface area contributed by atoms with Gasteiger partial charge in [0, 0.05) is 13.1 Å². The maximum absolute atomic E-state index is 12.2. The minimum absolute atomic E-state index is 0.0648. The van der Waals surface area contributed by atoms with Crippen LogP contribution in [-0.4, -0.2) is 30.6 Å². The van der Waals surface area contributed by atoms with Gasteiger partial charge in [0.1, 0.15) is 12.4 Å². The fraction of sp³-hybridized carbons (Fsp3) is 0.350. The molecule has 0 saturated carbocycles. The summed E-state index contributed by atoms with van der Waals surface area (Å²) in [7, 11) is 0. The molecule has 1 N–H and O–H groups in total. The van der Waals surface area contributed by atoms with Gasteiger partial charge in [-0.05, 0) is 49.6 Å². The Morgan fingerprint density at radius 2 is 1.83 bits per heavy atom. The zero-order chi connectivity index (χ0) is 17.4. The second kappa shape index (κ2) is 8.96. The lowest BCUT2D eigenvalue weighted by Gasteiger charge is -2.21. The van der Waals surface area contributed by atoms with Gasteiger partial charge in [-0.15, -0.1) is 0 Å². The summed E-state index contributed by atoms with van der Waals surface area (Å²) in [6, 6.07) is 16.0. The smallest absolute Gasteiger partial charge is 0.317 e. The van der Waals surface area contributed by atoms with Crippen molar-refractivity contribution in [2.24, 2.45) is 0 Å². The van der Waals surface area contributed by atoms with Gasteiger partial charge in [0.15, 0.2) is 0 Å². The van der Waals surface area contributed by atoms with Crippen LogP contribution in [0.3, 0.4) is 0 Å². The van der Waals surface area contributed by atoms with Crippen LogP contribution in [0.15, 0.2) is 48.5 Å². The maximum Gasteiger partial charge on any atom is 0.317 e. The van der Waals surface area contributed by atoms with Crippen LogP contribution < -0.4 is 10.1 Å². The summed E-state index contributed by atoms with van der Waals surface area (Å²) in [5, 5.41) is 2.91. The van der Waals surface area contributed by atoms with E-state index in [9.17, 15) is 4.79 Å². The van der Waals surface area contributed by atoms with Gasteiger partial charge in [0.25, 0.3) is 0 Å². The number of urea groups is 1. The number of ether oxygens (including phenoxy) is 1. The predicted molar refractivity (Wildman–Crippen MR) is 97.3 cm³/mol. The monoisotopic (exact) mass is 326 g/mol. The Morgan fingerprint density at radius 3 is 2.50 bits per heavy atom. The van der Waals surface area contributed by atoms with E-state index in [1.54, 1.807) is 4.90 Å². The molecule has 0 fully saturated rings. The maximum atomic E-state index is 12.2. The van der Waals surface area contributed by atoms with Crippen LogP contribution in [0.25, 0.3) is 0 Å². The van der Waals surface area contributed by atoms with Gasteiger partial charge < -0.3 is 15.0 Å². The number of rotatable bonds is 7. The van der Waals surface area contributed by atoms with E-state index in [2.05, 4.69) is 19.2 Å². The van der Waals surface area contributed by atoms with Crippen molar-refractivity contribution in [3.05, 3.63) is 65.2 Å². The van der Waals surface area contributed by atoms with Gasteiger partial charge in [0.2, 0.25) is 0 Å². The summed E-state index contributed by atoms with van der Waals surface area (Å²) in [5.41, 5.74) is 3.58. The third-order valence-corrected chi connectivity index (χ3v) is 4.01. The number of carbonyl (C=O) groups is 1. The van der Waals surface area contributed by atoms with E-state index in [1.807, 2.05) is 55.5 Å². The normalized spacial score (nSPS) is 10.3. The average Bonchev–Trinajstić information content (AvgIpc) is 2.60. The van der Waals surface area contributed by atoms with Gasteiger partial charge in [-0.25, -0.2) is 4.79 Å². The molecule has 0 aliphatic heterocycles. The number of nitrogens with one attached hydrogen (secondary N) is 1. The standard InChI is InChI=1S/C20H26N2O2/c1-4-22(15-18-8-6-5-7-9-18)20(23)21-12-13-24-19-11-10-16(2)17(3)14-19/h5-11,14H,4,12-13,15H2,1-3H3,(H,21,23). The van der Waals surface area contributed by atoms with E-state index in [0.717, 1.165) is 11.3 Å². The van der Waals surface area contributed by atoms with Crippen molar-refractivity contribution in [2.45, 2.75) is 27.3 Å². The molecule has 0 bridgehead atoms. The fourth-order valence-electron chi connectivity index (χ4n) is 2.37. The highest BCUT2D eigenvalue weighted by atomic mass is 16.5. The van der Waals surface area contributed by atoms with E-state index in [0.29, 0.717) is 26.2 Å². The van der Waals surface area contributed by atoms with Crippen LogP contribution in [0.4, 0.5) is 4.79 Å². The summed E-state index contributed by atoms with van der Waals surface area (Å²) < 4.78 is 5.69. The molecule has 0 aliphatic rings. The molecule has 2 amide bonds. The largest absolute Gasteiger partial charge is 0.492 e. The molecule has 2 aromatic rings. The zero-order valence-corrected chi connectivity index (χ0v) is 14.7. The lowest BCUT2D eigenvalue weighted by atomic mass is 10.1. The molecule has 0 atom stereocenters. The first-order chi connectivity index (χ1) is 11.6. The van der Waals surface area contributed by atoms with Gasteiger partial charge in [0.05, 0.1) is 6.54 Å². The third kappa shape index (κ3) is 5.30. The molecule has 4 nitrogen and oxygen atoms in total. The van der Waals surface area contributed by atoms with Crippen molar-refractivity contribution < 1.29 is 9.53 Å². The predicted octanol–water partition coefficient (Wildman–Crippen LogP) is 3.91. The Hall–Kier alpha value is -2.49. The molecule has 0 unspecified atom stereocenters. The van der Waals surface area contributed by atoms with E-state index >= 15 is 0 Å². The quantitative estimate of drug-likeness (QED) is 0.784. The first-order valence-corrected chi connectivity index (χ1v) is 8.37. The topological polar surface area (TPSA) is 41.6 Å². The zero-order valence-electron chi connectivity index (χ0n) is 14.7. The number of carbonyl (C=O) groups excluding carboxylic acids is 1. The number of benzene rings is 2. The van der Waals surface area contributed by atoms with Crippen LogP contribution in [-0.2, 0) is 6.54 Å². The van der Waals surface area contributed by atoms with E-state index in [1.165, 1.54) is 11.1 Å². The minimum atomic E-state index is -0.0648. The van der Waals surface area contributed by atoms with Crippen molar-refractivity contribution in [3.8, 4) is 5.75 Å². The molecule has 0 aromatic heterocycles. The Labute approximate surface area is 144 Å². The highest BCUT2D eigenvalue weighted by Gasteiger charge is 2.11. The molecule has 0 heterocycles. The molecule has 4 heteroatoms. The van der Waals surface area contributed by atoms with Crippen molar-refractivity contribution >= 4 is 6.03 Å². The fourth-order valence-corrected chi connectivity index (χ4v) is 2.37. The van der Waals surface area contributed by atoms with Gasteiger partial charge in [-0.1, -0.05) is 36.4 Å². The highest BCUT2D eigenvalue weighted by Crippen LogP contribution is 2.16. The molecule has 2 aromatic carbocycles. The summed E-state index contributed by atoms with van der Waals surface area (Å²) in [6.45, 7) is 8.33. The number of hydrogen-bond donors (Lipinski definition) is 1. The first kappa shape index (κ1) is 17.9. The Balaban J connectivity index is 1.76. The second-order valence-corrected chi connectivity index (χ2v) is 5.83. The Kier molecular flexibility index (Phi) is 6.67. The van der Waals surface area contributed by atoms with Crippen molar-refractivity contribution in [1.29, 1.82) is 0 Å². The summed E-state index contributed by atoms with van der Waals surface area (Å²) in [6.07, 6.45) is 0. The van der Waals surface area contributed by atoms with E-state index in [-0.39, 0.29) is 6.03 Å². The molecule has 0 aliphatic carbocycles. The molecule has 128 valence electrons. The Bertz CT molecular complexity index is 656. The lowest BCUT2D eigenvalue weighted by Crippen LogP contribution is -2.41. The molecule has 0 saturated heterocycles. The second-order valence-electron chi connectivity index (χ2n) is 5.83. The SMILES string of the molecule is CCN(Cc1ccccc1)C(=O)NCCOc1ccc(C)c(C)c1. The number of nitrogens with zero attached hydrogens (tertiary/aromatic N) is 1. The molecule has 0 radical (unpaired) electrons. The molecule has 0 spiro atoms. The van der Waals surface area contributed by atoms with Crippen LogP contribution in [0, 0.1) is 13.8 Å². The van der Waals surface area contributed by atoms with Crippen LogP contribution in [0.5, 0.6) is 5.75 Å². The highest BCUT2D eigenvalue weighted by molar-refractivity contribution is 5.74.